The lowest BCUT2D eigenvalue weighted by Gasteiger charge is -2.33. The highest BCUT2D eigenvalue weighted by Gasteiger charge is 2.31. The van der Waals surface area contributed by atoms with E-state index in [2.05, 4.69) is 10.3 Å². The molecule has 1 atom stereocenters. The summed E-state index contributed by atoms with van der Waals surface area (Å²) >= 11 is 0. The fraction of sp³-hybridized carbons (Fsp3) is 0.458. The third kappa shape index (κ3) is 4.85. The van der Waals surface area contributed by atoms with Crippen LogP contribution in [0.5, 0.6) is 5.75 Å². The van der Waals surface area contributed by atoms with Crippen LogP contribution in [0.15, 0.2) is 36.4 Å². The van der Waals surface area contributed by atoms with Crippen LogP contribution in [-0.2, 0) is 16.1 Å². The normalized spacial score (nSPS) is 19.0. The Morgan fingerprint density at radius 1 is 1.19 bits per heavy atom. The molecule has 4 rings (SSSR count). The van der Waals surface area contributed by atoms with Crippen molar-refractivity contribution in [2.45, 2.75) is 44.2 Å². The third-order valence-electron chi connectivity index (χ3n) is 6.25. The molecule has 1 unspecified atom stereocenters. The topological polar surface area (TPSA) is 107 Å². The molecule has 1 aromatic heterocycles. The van der Waals surface area contributed by atoms with Crippen LogP contribution in [0.1, 0.15) is 53.2 Å². The first-order valence-electron chi connectivity index (χ1n) is 11.1. The number of nitrogen functional groups attached to an aromatic ring is 1. The fourth-order valence-corrected chi connectivity index (χ4v) is 4.40. The van der Waals surface area contributed by atoms with Gasteiger partial charge in [-0.2, -0.15) is 0 Å². The largest absolute Gasteiger partial charge is 0.496 e. The van der Waals surface area contributed by atoms with Crippen LogP contribution in [0.4, 0.5) is 5.82 Å². The average molecular weight is 439 g/mol. The number of carbonyl (C=O) groups is 2. The molecule has 3 N–H and O–H groups in total. The number of aromatic nitrogens is 1. The number of ether oxygens (including phenoxy) is 2. The van der Waals surface area contributed by atoms with E-state index in [1.54, 1.807) is 13.2 Å². The van der Waals surface area contributed by atoms with Crippen molar-refractivity contribution in [1.82, 2.24) is 15.2 Å². The summed E-state index contributed by atoms with van der Waals surface area (Å²) < 4.78 is 10.8. The van der Waals surface area contributed by atoms with Crippen LogP contribution >= 0.6 is 0 Å². The van der Waals surface area contributed by atoms with Crippen molar-refractivity contribution in [3.05, 3.63) is 53.2 Å². The van der Waals surface area contributed by atoms with Crippen LogP contribution in [-0.4, -0.2) is 54.6 Å². The van der Waals surface area contributed by atoms with Gasteiger partial charge >= 0.3 is 0 Å². The molecule has 0 radical (unpaired) electrons. The number of pyridine rings is 1. The van der Waals surface area contributed by atoms with Crippen LogP contribution in [0.2, 0.25) is 0 Å². The number of hydrogen-bond donors (Lipinski definition) is 2. The second-order valence-electron chi connectivity index (χ2n) is 8.26. The van der Waals surface area contributed by atoms with Gasteiger partial charge in [0.05, 0.1) is 12.7 Å². The van der Waals surface area contributed by atoms with E-state index in [-0.39, 0.29) is 29.7 Å². The van der Waals surface area contributed by atoms with Gasteiger partial charge in [-0.1, -0.05) is 18.2 Å². The minimum atomic E-state index is -0.274. The van der Waals surface area contributed by atoms with Gasteiger partial charge in [-0.15, -0.1) is 0 Å². The molecule has 2 amide bonds. The maximum Gasteiger partial charge on any atom is 0.255 e. The van der Waals surface area contributed by atoms with Crippen LogP contribution < -0.4 is 15.8 Å². The summed E-state index contributed by atoms with van der Waals surface area (Å²) in [6.45, 7) is 2.38. The van der Waals surface area contributed by atoms with Crippen molar-refractivity contribution in [2.75, 3.05) is 32.5 Å². The van der Waals surface area contributed by atoms with Gasteiger partial charge in [0.15, 0.2) is 0 Å². The monoisotopic (exact) mass is 438 g/mol. The summed E-state index contributed by atoms with van der Waals surface area (Å²) in [5.41, 5.74) is 8.24. The second kappa shape index (κ2) is 9.99. The Morgan fingerprint density at radius 2 is 1.97 bits per heavy atom. The highest BCUT2D eigenvalue weighted by Crippen LogP contribution is 2.29. The first kappa shape index (κ1) is 22.1. The Morgan fingerprint density at radius 3 is 2.66 bits per heavy atom. The first-order chi connectivity index (χ1) is 15.6. The molecule has 0 aliphatic carbocycles. The molecule has 2 aromatic rings. The maximum atomic E-state index is 12.6. The lowest BCUT2D eigenvalue weighted by molar-refractivity contribution is -0.142. The number of piperidine rings is 1. The first-order valence-corrected chi connectivity index (χ1v) is 11.1. The van der Waals surface area contributed by atoms with Gasteiger partial charge in [-0.25, -0.2) is 4.98 Å². The number of nitrogens with two attached hydrogens (primary N) is 1. The maximum absolute atomic E-state index is 12.6. The number of amides is 2. The zero-order valence-electron chi connectivity index (χ0n) is 18.4. The van der Waals surface area contributed by atoms with Gasteiger partial charge < -0.3 is 25.4 Å². The van der Waals surface area contributed by atoms with E-state index < -0.39 is 0 Å². The Hall–Kier alpha value is -3.13. The smallest absolute Gasteiger partial charge is 0.255 e. The molecule has 32 heavy (non-hydrogen) atoms. The molecule has 2 aliphatic rings. The molecule has 3 heterocycles. The standard InChI is InChI=1S/C24H30N4O4/c1-31-20-6-3-2-5-17(20)15-26-23(29)18-8-9-19(27-22(18)25)16-10-12-28(13-11-16)24(30)21-7-4-14-32-21/h2-3,5-6,8-9,16,21H,4,7,10-15H2,1H3,(H2,25,27)(H,26,29). The van der Waals surface area contributed by atoms with Crippen molar-refractivity contribution in [2.24, 2.45) is 0 Å². The van der Waals surface area contributed by atoms with E-state index in [4.69, 9.17) is 15.2 Å². The van der Waals surface area contributed by atoms with Crippen LogP contribution in [0.25, 0.3) is 0 Å². The summed E-state index contributed by atoms with van der Waals surface area (Å²) in [5, 5.41) is 2.88. The SMILES string of the molecule is COc1ccccc1CNC(=O)c1ccc(C2CCN(C(=O)C3CCCO3)CC2)nc1N. The number of likely N-dealkylation sites (tertiary alicyclic amines) is 1. The fourth-order valence-electron chi connectivity index (χ4n) is 4.40. The number of nitrogens with zero attached hydrogens (tertiary/aromatic N) is 2. The molecule has 0 spiro atoms. The van der Waals surface area contributed by atoms with Gasteiger partial charge in [0.2, 0.25) is 0 Å². The van der Waals surface area contributed by atoms with E-state index in [0.717, 1.165) is 42.7 Å². The number of methoxy groups -OCH3 is 1. The molecule has 8 heteroatoms. The number of anilines is 1. The minimum absolute atomic E-state index is 0.107. The molecule has 2 saturated heterocycles. The number of carbonyl (C=O) groups excluding carboxylic acids is 2. The molecule has 2 aliphatic heterocycles. The van der Waals surface area contributed by atoms with E-state index in [1.165, 1.54) is 0 Å². The third-order valence-corrected chi connectivity index (χ3v) is 6.25. The van der Waals surface area contributed by atoms with Crippen molar-refractivity contribution < 1.29 is 19.1 Å². The average Bonchev–Trinajstić information content (AvgIpc) is 3.37. The van der Waals surface area contributed by atoms with Crippen LogP contribution in [0.3, 0.4) is 0 Å². The van der Waals surface area contributed by atoms with E-state index in [0.29, 0.717) is 31.8 Å². The predicted octanol–water partition coefficient (Wildman–Crippen LogP) is 2.49. The summed E-state index contributed by atoms with van der Waals surface area (Å²) in [6.07, 6.45) is 3.15. The summed E-state index contributed by atoms with van der Waals surface area (Å²) in [4.78, 5) is 31.6. The van der Waals surface area contributed by atoms with Crippen molar-refractivity contribution in [3.63, 3.8) is 0 Å². The molecular weight excluding hydrogens is 408 g/mol. The molecular formula is C24H30N4O4. The van der Waals surface area contributed by atoms with Gasteiger partial charge in [0, 0.05) is 43.4 Å². The number of hydrogen-bond acceptors (Lipinski definition) is 6. The van der Waals surface area contributed by atoms with E-state index in [9.17, 15) is 9.59 Å². The molecule has 8 nitrogen and oxygen atoms in total. The van der Waals surface area contributed by atoms with E-state index >= 15 is 0 Å². The molecule has 170 valence electrons. The Kier molecular flexibility index (Phi) is 6.90. The Labute approximate surface area is 188 Å². The van der Waals surface area contributed by atoms with Crippen molar-refractivity contribution in [3.8, 4) is 5.75 Å². The zero-order valence-corrected chi connectivity index (χ0v) is 18.4. The summed E-state index contributed by atoms with van der Waals surface area (Å²) in [6, 6.07) is 11.1. The number of para-hydroxylation sites is 1. The lowest BCUT2D eigenvalue weighted by atomic mass is 9.92. The molecule has 1 aromatic carbocycles. The number of rotatable bonds is 6. The molecule has 0 bridgehead atoms. The van der Waals surface area contributed by atoms with Crippen LogP contribution in [0, 0.1) is 0 Å². The van der Waals surface area contributed by atoms with Gasteiger partial charge in [-0.3, -0.25) is 9.59 Å². The van der Waals surface area contributed by atoms with Crippen molar-refractivity contribution in [1.29, 1.82) is 0 Å². The second-order valence-corrected chi connectivity index (χ2v) is 8.26. The number of benzene rings is 1. The van der Waals surface area contributed by atoms with Gasteiger partial charge in [0.1, 0.15) is 17.7 Å². The lowest BCUT2D eigenvalue weighted by Crippen LogP contribution is -2.43. The van der Waals surface area contributed by atoms with Crippen molar-refractivity contribution >= 4 is 17.6 Å². The van der Waals surface area contributed by atoms with E-state index in [1.807, 2.05) is 35.2 Å². The predicted molar refractivity (Wildman–Crippen MR) is 120 cm³/mol. The Balaban J connectivity index is 1.34. The Bertz CT molecular complexity index is 966. The highest BCUT2D eigenvalue weighted by molar-refractivity contribution is 5.98. The van der Waals surface area contributed by atoms with Gasteiger partial charge in [0.25, 0.3) is 11.8 Å². The van der Waals surface area contributed by atoms with Gasteiger partial charge in [-0.05, 0) is 43.9 Å². The summed E-state index contributed by atoms with van der Waals surface area (Å²) in [5.74, 6) is 0.993. The minimum Gasteiger partial charge on any atom is -0.496 e. The highest BCUT2D eigenvalue weighted by atomic mass is 16.5. The zero-order chi connectivity index (χ0) is 22.5. The molecule has 0 saturated carbocycles. The molecule has 2 fully saturated rings. The quantitative estimate of drug-likeness (QED) is 0.718. The number of nitrogens with one attached hydrogen (secondary N) is 1. The summed E-state index contributed by atoms with van der Waals surface area (Å²) in [7, 11) is 1.60.